The summed E-state index contributed by atoms with van der Waals surface area (Å²) in [6, 6.07) is 9.78. The molecule has 0 saturated heterocycles. The zero-order chi connectivity index (χ0) is 12.4. The van der Waals surface area contributed by atoms with Crippen LogP contribution in [-0.4, -0.2) is 20.9 Å². The van der Waals surface area contributed by atoms with Crippen molar-refractivity contribution in [3.05, 3.63) is 41.6 Å². The highest BCUT2D eigenvalue weighted by molar-refractivity contribution is 5.72. The fourth-order valence-corrected chi connectivity index (χ4v) is 1.93. The Kier molecular flexibility index (Phi) is 2.95. The second-order valence-electron chi connectivity index (χ2n) is 3.98. The molecule has 2 aromatic rings. The van der Waals surface area contributed by atoms with E-state index in [1.54, 1.807) is 11.7 Å². The predicted molar refractivity (Wildman–Crippen MR) is 64.7 cm³/mol. The third-order valence-electron chi connectivity index (χ3n) is 2.79. The van der Waals surface area contributed by atoms with Crippen LogP contribution in [0.25, 0.3) is 11.3 Å². The summed E-state index contributed by atoms with van der Waals surface area (Å²) >= 11 is 0. The SMILES string of the molecule is Cc1c(-c2ccccc2)nn(C)c1CC(=O)O. The molecule has 0 radical (unpaired) electrons. The standard InChI is InChI=1S/C13H14N2O2/c1-9-11(8-12(16)17)15(2)14-13(9)10-6-4-3-5-7-10/h3-7H,8H2,1-2H3,(H,16,17). The summed E-state index contributed by atoms with van der Waals surface area (Å²) in [7, 11) is 1.78. The first-order chi connectivity index (χ1) is 8.09. The van der Waals surface area contributed by atoms with E-state index in [2.05, 4.69) is 5.10 Å². The summed E-state index contributed by atoms with van der Waals surface area (Å²) < 4.78 is 1.64. The molecule has 0 unspecified atom stereocenters. The first-order valence-corrected chi connectivity index (χ1v) is 5.39. The topological polar surface area (TPSA) is 55.1 Å². The Balaban J connectivity index is 2.48. The smallest absolute Gasteiger partial charge is 0.309 e. The molecule has 0 saturated carbocycles. The normalized spacial score (nSPS) is 10.5. The molecule has 4 nitrogen and oxygen atoms in total. The molecular weight excluding hydrogens is 216 g/mol. The van der Waals surface area contributed by atoms with Crippen LogP contribution in [0.1, 0.15) is 11.3 Å². The van der Waals surface area contributed by atoms with Crippen molar-refractivity contribution in [3.8, 4) is 11.3 Å². The molecule has 0 bridgehead atoms. The van der Waals surface area contributed by atoms with Gasteiger partial charge in [-0.15, -0.1) is 0 Å². The van der Waals surface area contributed by atoms with Gasteiger partial charge in [-0.2, -0.15) is 5.10 Å². The largest absolute Gasteiger partial charge is 0.481 e. The molecular formula is C13H14N2O2. The maximum atomic E-state index is 10.8. The second-order valence-corrected chi connectivity index (χ2v) is 3.98. The number of carboxylic acid groups (broad SMARTS) is 1. The second kappa shape index (κ2) is 4.41. The highest BCUT2D eigenvalue weighted by atomic mass is 16.4. The summed E-state index contributed by atoms with van der Waals surface area (Å²) in [5.41, 5.74) is 3.54. The van der Waals surface area contributed by atoms with Gasteiger partial charge in [-0.25, -0.2) is 0 Å². The molecule has 17 heavy (non-hydrogen) atoms. The molecule has 0 spiro atoms. The average molecular weight is 230 g/mol. The number of benzene rings is 1. The number of rotatable bonds is 3. The monoisotopic (exact) mass is 230 g/mol. The van der Waals surface area contributed by atoms with Crippen LogP contribution in [0.4, 0.5) is 0 Å². The number of carboxylic acids is 1. The molecule has 0 aliphatic rings. The van der Waals surface area contributed by atoms with Crippen LogP contribution in [0, 0.1) is 6.92 Å². The summed E-state index contributed by atoms with van der Waals surface area (Å²) in [5.74, 6) is -0.837. The lowest BCUT2D eigenvalue weighted by Crippen LogP contribution is -2.06. The molecule has 88 valence electrons. The lowest BCUT2D eigenvalue weighted by Gasteiger charge is -1.99. The molecule has 0 fully saturated rings. The Labute approximate surface area is 99.5 Å². The highest BCUT2D eigenvalue weighted by Gasteiger charge is 2.15. The van der Waals surface area contributed by atoms with Crippen molar-refractivity contribution in [2.75, 3.05) is 0 Å². The minimum absolute atomic E-state index is 0.00215. The van der Waals surface area contributed by atoms with Crippen molar-refractivity contribution in [1.82, 2.24) is 9.78 Å². The van der Waals surface area contributed by atoms with Gasteiger partial charge in [0.25, 0.3) is 0 Å². The number of carbonyl (C=O) groups is 1. The summed E-state index contributed by atoms with van der Waals surface area (Å²) in [5, 5.41) is 13.2. The summed E-state index contributed by atoms with van der Waals surface area (Å²) in [4.78, 5) is 10.8. The van der Waals surface area contributed by atoms with E-state index < -0.39 is 5.97 Å². The Morgan fingerprint density at radius 2 is 2.00 bits per heavy atom. The molecule has 2 rings (SSSR count). The molecule has 1 N–H and O–H groups in total. The molecule has 4 heteroatoms. The third kappa shape index (κ3) is 2.20. The third-order valence-corrected chi connectivity index (χ3v) is 2.79. The summed E-state index contributed by atoms with van der Waals surface area (Å²) in [6.45, 7) is 1.91. The first-order valence-electron chi connectivity index (χ1n) is 5.39. The van der Waals surface area contributed by atoms with E-state index in [1.165, 1.54) is 0 Å². The van der Waals surface area contributed by atoms with Crippen LogP contribution in [0.15, 0.2) is 30.3 Å². The fourth-order valence-electron chi connectivity index (χ4n) is 1.93. The van der Waals surface area contributed by atoms with E-state index in [4.69, 9.17) is 5.11 Å². The zero-order valence-corrected chi connectivity index (χ0v) is 9.84. The van der Waals surface area contributed by atoms with E-state index in [0.717, 1.165) is 22.5 Å². The van der Waals surface area contributed by atoms with E-state index in [0.29, 0.717) is 0 Å². The molecule has 0 amide bonds. The number of hydrogen-bond donors (Lipinski definition) is 1. The fraction of sp³-hybridized carbons (Fsp3) is 0.231. The zero-order valence-electron chi connectivity index (χ0n) is 9.84. The lowest BCUT2D eigenvalue weighted by molar-refractivity contribution is -0.136. The maximum absolute atomic E-state index is 10.8. The van der Waals surface area contributed by atoms with Crippen molar-refractivity contribution in [1.29, 1.82) is 0 Å². The van der Waals surface area contributed by atoms with Crippen LogP contribution in [0.3, 0.4) is 0 Å². The number of aryl methyl sites for hydroxylation is 1. The van der Waals surface area contributed by atoms with Gasteiger partial charge >= 0.3 is 5.97 Å². The Bertz CT molecular complexity index is 544. The molecule has 1 aromatic carbocycles. The van der Waals surface area contributed by atoms with Crippen LogP contribution in [-0.2, 0) is 18.3 Å². The van der Waals surface area contributed by atoms with Crippen molar-refractivity contribution >= 4 is 5.97 Å². The number of aliphatic carboxylic acids is 1. The van der Waals surface area contributed by atoms with E-state index in [9.17, 15) is 4.79 Å². The van der Waals surface area contributed by atoms with Crippen LogP contribution < -0.4 is 0 Å². The van der Waals surface area contributed by atoms with Crippen LogP contribution in [0.5, 0.6) is 0 Å². The van der Waals surface area contributed by atoms with Gasteiger partial charge in [0, 0.05) is 12.6 Å². The average Bonchev–Trinajstić information content (AvgIpc) is 2.58. The van der Waals surface area contributed by atoms with Gasteiger partial charge in [-0.1, -0.05) is 30.3 Å². The van der Waals surface area contributed by atoms with Crippen molar-refractivity contribution in [2.24, 2.45) is 7.05 Å². The number of nitrogens with zero attached hydrogens (tertiary/aromatic N) is 2. The van der Waals surface area contributed by atoms with Gasteiger partial charge < -0.3 is 5.11 Å². The lowest BCUT2D eigenvalue weighted by atomic mass is 10.1. The van der Waals surface area contributed by atoms with Crippen molar-refractivity contribution in [2.45, 2.75) is 13.3 Å². The van der Waals surface area contributed by atoms with Gasteiger partial charge in [-0.05, 0) is 12.5 Å². The minimum Gasteiger partial charge on any atom is -0.481 e. The summed E-state index contributed by atoms with van der Waals surface area (Å²) in [6.07, 6.45) is 0.00215. The predicted octanol–water partition coefficient (Wildman–Crippen LogP) is 2.02. The molecule has 0 atom stereocenters. The Hall–Kier alpha value is -2.10. The molecule has 1 aromatic heterocycles. The Morgan fingerprint density at radius 3 is 2.59 bits per heavy atom. The Morgan fingerprint density at radius 1 is 1.35 bits per heavy atom. The van der Waals surface area contributed by atoms with Gasteiger partial charge in [-0.3, -0.25) is 9.48 Å². The van der Waals surface area contributed by atoms with Crippen LogP contribution in [0.2, 0.25) is 0 Å². The number of hydrogen-bond acceptors (Lipinski definition) is 2. The minimum atomic E-state index is -0.837. The van der Waals surface area contributed by atoms with Gasteiger partial charge in [0.15, 0.2) is 0 Å². The molecule has 0 aliphatic carbocycles. The van der Waals surface area contributed by atoms with Crippen LogP contribution >= 0.6 is 0 Å². The van der Waals surface area contributed by atoms with E-state index in [-0.39, 0.29) is 6.42 Å². The van der Waals surface area contributed by atoms with Gasteiger partial charge in [0.05, 0.1) is 17.8 Å². The maximum Gasteiger partial charge on any atom is 0.309 e. The van der Waals surface area contributed by atoms with Gasteiger partial charge in [0.1, 0.15) is 0 Å². The van der Waals surface area contributed by atoms with Crippen molar-refractivity contribution < 1.29 is 9.90 Å². The van der Waals surface area contributed by atoms with E-state index in [1.807, 2.05) is 37.3 Å². The van der Waals surface area contributed by atoms with Gasteiger partial charge in [0.2, 0.25) is 0 Å². The number of aromatic nitrogens is 2. The molecule has 0 aliphatic heterocycles. The first kappa shape index (κ1) is 11.4. The quantitative estimate of drug-likeness (QED) is 0.877. The highest BCUT2D eigenvalue weighted by Crippen LogP contribution is 2.24. The van der Waals surface area contributed by atoms with E-state index >= 15 is 0 Å². The van der Waals surface area contributed by atoms with Crippen molar-refractivity contribution in [3.63, 3.8) is 0 Å². The molecule has 1 heterocycles.